The number of carbonyl (C=O) groups excluding carboxylic acids is 1. The molecule has 0 atom stereocenters. The Bertz CT molecular complexity index is 770. The number of piperidine rings is 1. The average molecular weight is 570 g/mol. The van der Waals surface area contributed by atoms with E-state index in [1.807, 2.05) is 20.8 Å². The Morgan fingerprint density at radius 2 is 1.44 bits per heavy atom. The van der Waals surface area contributed by atoms with Crippen LogP contribution in [0, 0.1) is 0 Å². The van der Waals surface area contributed by atoms with Crippen LogP contribution in [0.5, 0.6) is 11.6 Å². The maximum absolute atomic E-state index is 12.0. The van der Waals surface area contributed by atoms with Crippen LogP contribution >= 0.6 is 11.6 Å². The van der Waals surface area contributed by atoms with E-state index in [4.69, 9.17) is 21.1 Å². The molecule has 0 aromatic carbocycles. The fraction of sp³-hybridized carbons (Fsp3) is 0.806. The van der Waals surface area contributed by atoms with Crippen LogP contribution < -0.4 is 9.84 Å². The summed E-state index contributed by atoms with van der Waals surface area (Å²) in [5.74, 6) is -0.0389. The Balaban J connectivity index is 0.000000406. The summed E-state index contributed by atoms with van der Waals surface area (Å²) in [6.45, 7) is 21.6. The van der Waals surface area contributed by atoms with Gasteiger partial charge in [0.05, 0.1) is 26.2 Å². The molecule has 1 saturated heterocycles. The van der Waals surface area contributed by atoms with Crippen LogP contribution in [0.15, 0.2) is 12.3 Å². The number of hydrogen-bond acceptors (Lipinski definition) is 5. The van der Waals surface area contributed by atoms with Crippen LogP contribution in [-0.4, -0.2) is 71.4 Å². The van der Waals surface area contributed by atoms with Crippen molar-refractivity contribution in [1.82, 2.24) is 9.88 Å². The third kappa shape index (κ3) is 14.5. The number of quaternary nitrogens is 1. The number of amides is 1. The van der Waals surface area contributed by atoms with E-state index in [0.29, 0.717) is 36.7 Å². The third-order valence-electron chi connectivity index (χ3n) is 7.13. The molecule has 0 unspecified atom stereocenters. The summed E-state index contributed by atoms with van der Waals surface area (Å²) in [6, 6.07) is 1.28. The van der Waals surface area contributed by atoms with E-state index in [1.54, 1.807) is 4.90 Å². The van der Waals surface area contributed by atoms with Crippen molar-refractivity contribution in [3.63, 3.8) is 0 Å². The zero-order valence-electron chi connectivity index (χ0n) is 25.9. The van der Waals surface area contributed by atoms with Crippen LogP contribution in [0.25, 0.3) is 0 Å². The highest BCUT2D eigenvalue weighted by molar-refractivity contribution is 6.31. The van der Waals surface area contributed by atoms with Gasteiger partial charge in [-0.15, -0.1) is 0 Å². The number of aromatic nitrogens is 1. The summed E-state index contributed by atoms with van der Waals surface area (Å²) < 4.78 is 12.5. The minimum atomic E-state index is -0.500. The van der Waals surface area contributed by atoms with Gasteiger partial charge in [0.15, 0.2) is 0 Å². The van der Waals surface area contributed by atoms with Crippen LogP contribution in [0.4, 0.5) is 4.79 Å². The number of carbonyl (C=O) groups is 1. The van der Waals surface area contributed by atoms with E-state index in [-0.39, 0.29) is 18.1 Å². The fourth-order valence-electron chi connectivity index (χ4n) is 4.80. The summed E-state index contributed by atoms with van der Waals surface area (Å²) in [7, 11) is 0. The summed E-state index contributed by atoms with van der Waals surface area (Å²) >= 11 is 5.96. The van der Waals surface area contributed by atoms with Gasteiger partial charge in [0, 0.05) is 32.1 Å². The predicted molar refractivity (Wildman–Crippen MR) is 160 cm³/mol. The molecule has 39 heavy (non-hydrogen) atoms. The highest BCUT2D eigenvalue weighted by atomic mass is 35.5. The first-order chi connectivity index (χ1) is 18.5. The number of pyridine rings is 1. The Kier molecular flexibility index (Phi) is 16.8. The van der Waals surface area contributed by atoms with Crippen LogP contribution in [0.1, 0.15) is 113 Å². The molecule has 7 nitrogen and oxygen atoms in total. The summed E-state index contributed by atoms with van der Waals surface area (Å²) in [5.41, 5.74) is -0.500. The van der Waals surface area contributed by atoms with Gasteiger partial charge < -0.3 is 24.0 Å². The molecule has 0 spiro atoms. The summed E-state index contributed by atoms with van der Waals surface area (Å²) in [5, 5.41) is 11.6. The Morgan fingerprint density at radius 1 is 0.974 bits per heavy atom. The lowest BCUT2D eigenvalue weighted by atomic mass is 10.1. The molecule has 2 heterocycles. The fourth-order valence-corrected chi connectivity index (χ4v) is 4.95. The van der Waals surface area contributed by atoms with Gasteiger partial charge in [-0.3, -0.25) is 4.98 Å². The van der Waals surface area contributed by atoms with Crippen molar-refractivity contribution in [1.29, 1.82) is 0 Å². The highest BCUT2D eigenvalue weighted by Gasteiger charge is 2.28. The number of halogens is 1. The first-order valence-corrected chi connectivity index (χ1v) is 15.7. The quantitative estimate of drug-likeness (QED) is 0.216. The van der Waals surface area contributed by atoms with Gasteiger partial charge in [0.25, 0.3) is 0 Å². The monoisotopic (exact) mass is 569 g/mol. The minimum absolute atomic E-state index is 0.0852. The van der Waals surface area contributed by atoms with Crippen LogP contribution in [-0.2, 0) is 4.74 Å². The summed E-state index contributed by atoms with van der Waals surface area (Å²) in [4.78, 5) is 17.2. The molecule has 0 N–H and O–H groups in total. The molecule has 1 fully saturated rings. The van der Waals surface area contributed by atoms with Crippen molar-refractivity contribution in [2.45, 2.75) is 124 Å². The molecule has 0 saturated carbocycles. The normalized spacial score (nSPS) is 14.5. The second-order valence-corrected chi connectivity index (χ2v) is 12.3. The molecule has 226 valence electrons. The van der Waals surface area contributed by atoms with Crippen molar-refractivity contribution in [2.75, 3.05) is 39.3 Å². The van der Waals surface area contributed by atoms with E-state index >= 15 is 0 Å². The molecular formula is C31H56ClN3O4. The number of hydrogen-bond donors (Lipinski definition) is 0. The molecule has 0 aliphatic carbocycles. The van der Waals surface area contributed by atoms with Crippen molar-refractivity contribution in [2.24, 2.45) is 0 Å². The average Bonchev–Trinajstić information content (AvgIpc) is 2.90. The maximum Gasteiger partial charge on any atom is 0.410 e. The Hall–Kier alpha value is -1.73. The second-order valence-electron chi connectivity index (χ2n) is 11.9. The van der Waals surface area contributed by atoms with E-state index in [1.165, 1.54) is 94.3 Å². The van der Waals surface area contributed by atoms with E-state index < -0.39 is 5.60 Å². The van der Waals surface area contributed by atoms with Crippen molar-refractivity contribution < 1.29 is 23.9 Å². The van der Waals surface area contributed by atoms with Gasteiger partial charge in [-0.25, -0.2) is 4.79 Å². The van der Waals surface area contributed by atoms with Gasteiger partial charge in [-0.1, -0.05) is 65.0 Å². The first-order valence-electron chi connectivity index (χ1n) is 15.3. The van der Waals surface area contributed by atoms with Crippen LogP contribution in [0.2, 0.25) is 5.02 Å². The minimum Gasteiger partial charge on any atom is -0.859 e. The van der Waals surface area contributed by atoms with Gasteiger partial charge in [0.1, 0.15) is 22.5 Å². The Morgan fingerprint density at radius 3 is 1.85 bits per heavy atom. The number of unbranched alkanes of at least 4 members (excludes halogenated alkanes) is 4. The van der Waals surface area contributed by atoms with E-state index in [0.717, 1.165) is 0 Å². The van der Waals surface area contributed by atoms with E-state index in [9.17, 15) is 9.90 Å². The zero-order chi connectivity index (χ0) is 29.3. The van der Waals surface area contributed by atoms with Gasteiger partial charge >= 0.3 is 6.09 Å². The predicted octanol–water partition coefficient (Wildman–Crippen LogP) is 7.59. The highest BCUT2D eigenvalue weighted by Crippen LogP contribution is 2.28. The topological polar surface area (TPSA) is 74.7 Å². The van der Waals surface area contributed by atoms with Gasteiger partial charge in [-0.2, -0.15) is 0 Å². The molecular weight excluding hydrogens is 514 g/mol. The first kappa shape index (κ1) is 35.3. The van der Waals surface area contributed by atoms with E-state index in [2.05, 4.69) is 32.7 Å². The molecule has 1 amide bonds. The zero-order valence-corrected chi connectivity index (χ0v) is 26.7. The van der Waals surface area contributed by atoms with Crippen molar-refractivity contribution in [3.05, 3.63) is 17.3 Å². The number of rotatable bonds is 14. The molecule has 8 heteroatoms. The number of likely N-dealkylation sites (tertiary alicyclic amines) is 1. The lowest BCUT2D eigenvalue weighted by molar-refractivity contribution is -0.929. The lowest BCUT2D eigenvalue weighted by Gasteiger charge is -2.39. The van der Waals surface area contributed by atoms with Gasteiger partial charge in [0.2, 0.25) is 0 Å². The molecule has 0 radical (unpaired) electrons. The number of ether oxygens (including phenoxy) is 2. The molecule has 1 aliphatic heterocycles. The SMILES string of the molecule is CC(C)(C)OC(=O)N1CCC(Oc2cc([O-])ncc2Cl)CC1.CCCC[N+](CCCC)(CCCC)CCCC. The smallest absolute Gasteiger partial charge is 0.410 e. The second kappa shape index (κ2) is 18.6. The molecule has 1 aromatic rings. The molecule has 1 aromatic heterocycles. The standard InChI is InChI=1S/C16H36N.C15H21ClN2O4/c1-5-9-13-17(14-10-6-2,15-11-7-3)16-12-8-4;1-15(2,3)22-14(20)18-6-4-10(5-7-18)21-12-8-13(19)17-9-11(12)16/h5-16H2,1-4H3;8-10H,4-7H2,1-3H3,(H,17,19)/q+1;/p-1. The van der Waals surface area contributed by atoms with Crippen molar-refractivity contribution >= 4 is 17.7 Å². The number of nitrogens with zero attached hydrogens (tertiary/aromatic N) is 3. The van der Waals surface area contributed by atoms with Crippen molar-refractivity contribution in [3.8, 4) is 11.6 Å². The van der Waals surface area contributed by atoms with Crippen LogP contribution in [0.3, 0.4) is 0 Å². The summed E-state index contributed by atoms with van der Waals surface area (Å²) in [6.07, 6.45) is 13.3. The maximum atomic E-state index is 12.0. The van der Waals surface area contributed by atoms with Gasteiger partial charge in [-0.05, 0) is 58.4 Å². The third-order valence-corrected chi connectivity index (χ3v) is 7.41. The molecule has 2 rings (SSSR count). The largest absolute Gasteiger partial charge is 0.859 e. The molecule has 1 aliphatic rings. The Labute approximate surface area is 243 Å². The molecule has 0 bridgehead atoms. The lowest BCUT2D eigenvalue weighted by Crippen LogP contribution is -2.50.